The van der Waals surface area contributed by atoms with Gasteiger partial charge in [-0.05, 0) is 36.4 Å². The Hall–Kier alpha value is -3.28. The molecule has 0 saturated heterocycles. The Labute approximate surface area is 126 Å². The van der Waals surface area contributed by atoms with Crippen LogP contribution in [0.25, 0.3) is 11.3 Å². The molecule has 0 atom stereocenters. The van der Waals surface area contributed by atoms with Crippen LogP contribution in [-0.4, -0.2) is 26.3 Å². The van der Waals surface area contributed by atoms with Crippen LogP contribution in [0.4, 0.5) is 5.69 Å². The number of rotatable bonds is 3. The fraction of sp³-hybridized carbons (Fsp3) is 0. The summed E-state index contributed by atoms with van der Waals surface area (Å²) in [5.41, 5.74) is 2.07. The fourth-order valence-corrected chi connectivity index (χ4v) is 1.99. The van der Waals surface area contributed by atoms with Gasteiger partial charge in [0.05, 0.1) is 5.69 Å². The number of aromatic amines is 1. The molecule has 0 unspecified atom stereocenters. The number of benzene rings is 2. The number of aromatic hydroxyl groups is 2. The molecule has 0 radical (unpaired) electrons. The number of H-pyrrole nitrogens is 1. The lowest BCUT2D eigenvalue weighted by molar-refractivity contribution is 0.102. The molecule has 22 heavy (non-hydrogen) atoms. The summed E-state index contributed by atoms with van der Waals surface area (Å²) in [6.45, 7) is 0. The summed E-state index contributed by atoms with van der Waals surface area (Å²) in [6.07, 6.45) is 0. The third kappa shape index (κ3) is 2.76. The van der Waals surface area contributed by atoms with Crippen molar-refractivity contribution in [1.82, 2.24) is 10.2 Å². The van der Waals surface area contributed by atoms with Gasteiger partial charge in [-0.2, -0.15) is 5.10 Å². The van der Waals surface area contributed by atoms with Crippen LogP contribution in [0.3, 0.4) is 0 Å². The Bertz CT molecular complexity index is 813. The molecular weight excluding hydrogens is 282 g/mol. The van der Waals surface area contributed by atoms with Crippen molar-refractivity contribution in [3.8, 4) is 22.8 Å². The minimum Gasteiger partial charge on any atom is -0.504 e. The van der Waals surface area contributed by atoms with Gasteiger partial charge in [-0.1, -0.05) is 18.2 Å². The van der Waals surface area contributed by atoms with E-state index >= 15 is 0 Å². The van der Waals surface area contributed by atoms with Gasteiger partial charge in [0, 0.05) is 11.3 Å². The number of anilines is 1. The van der Waals surface area contributed by atoms with Crippen molar-refractivity contribution in [2.75, 3.05) is 5.32 Å². The topological polar surface area (TPSA) is 98.2 Å². The largest absolute Gasteiger partial charge is 0.504 e. The minimum atomic E-state index is -0.312. The van der Waals surface area contributed by atoms with Gasteiger partial charge in [-0.15, -0.1) is 0 Å². The Kier molecular flexibility index (Phi) is 3.49. The molecule has 2 aromatic carbocycles. The van der Waals surface area contributed by atoms with Gasteiger partial charge < -0.3 is 15.5 Å². The van der Waals surface area contributed by atoms with Crippen LogP contribution in [0.2, 0.25) is 0 Å². The van der Waals surface area contributed by atoms with Crippen molar-refractivity contribution >= 4 is 11.6 Å². The van der Waals surface area contributed by atoms with Crippen molar-refractivity contribution in [2.45, 2.75) is 0 Å². The Morgan fingerprint density at radius 3 is 2.50 bits per heavy atom. The van der Waals surface area contributed by atoms with Gasteiger partial charge in [-0.25, -0.2) is 0 Å². The average Bonchev–Trinajstić information content (AvgIpc) is 3.01. The van der Waals surface area contributed by atoms with Crippen LogP contribution in [-0.2, 0) is 0 Å². The van der Waals surface area contributed by atoms with Crippen molar-refractivity contribution in [3.63, 3.8) is 0 Å². The van der Waals surface area contributed by atoms with E-state index in [0.717, 1.165) is 0 Å². The highest BCUT2D eigenvalue weighted by Crippen LogP contribution is 2.29. The first-order valence-electron chi connectivity index (χ1n) is 6.57. The van der Waals surface area contributed by atoms with Gasteiger partial charge in [0.2, 0.25) is 0 Å². The highest BCUT2D eigenvalue weighted by atomic mass is 16.3. The van der Waals surface area contributed by atoms with Crippen LogP contribution >= 0.6 is 0 Å². The number of carbonyl (C=O) groups excluding carboxylic acids is 1. The first kappa shape index (κ1) is 13.7. The number of nitrogens with one attached hydrogen (secondary N) is 2. The Morgan fingerprint density at radius 1 is 1.00 bits per heavy atom. The molecule has 1 amide bonds. The maximum Gasteiger partial charge on any atom is 0.273 e. The molecule has 0 bridgehead atoms. The van der Waals surface area contributed by atoms with Gasteiger partial charge in [0.25, 0.3) is 5.91 Å². The van der Waals surface area contributed by atoms with Crippen molar-refractivity contribution in [1.29, 1.82) is 0 Å². The van der Waals surface area contributed by atoms with Gasteiger partial charge >= 0.3 is 0 Å². The zero-order valence-electron chi connectivity index (χ0n) is 11.4. The number of amides is 1. The SMILES string of the molecule is O=C(Nc1ccccc1)c1cc(-c2ccc(O)c(O)c2)n[nH]1. The average molecular weight is 295 g/mol. The Morgan fingerprint density at radius 2 is 1.77 bits per heavy atom. The lowest BCUT2D eigenvalue weighted by Gasteiger charge is -2.02. The molecule has 110 valence electrons. The molecule has 0 fully saturated rings. The number of nitrogens with zero attached hydrogens (tertiary/aromatic N) is 1. The highest BCUT2D eigenvalue weighted by Gasteiger charge is 2.12. The summed E-state index contributed by atoms with van der Waals surface area (Å²) in [5.74, 6) is -0.759. The van der Waals surface area contributed by atoms with E-state index in [2.05, 4.69) is 15.5 Å². The van der Waals surface area contributed by atoms with Crippen LogP contribution < -0.4 is 5.32 Å². The summed E-state index contributed by atoms with van der Waals surface area (Å²) in [6, 6.07) is 15.0. The second-order valence-electron chi connectivity index (χ2n) is 4.69. The predicted octanol–water partition coefficient (Wildman–Crippen LogP) is 2.74. The number of aromatic nitrogens is 2. The first-order valence-corrected chi connectivity index (χ1v) is 6.57. The summed E-state index contributed by atoms with van der Waals surface area (Å²) >= 11 is 0. The lowest BCUT2D eigenvalue weighted by Crippen LogP contribution is -2.12. The molecule has 0 saturated carbocycles. The number of carbonyl (C=O) groups is 1. The summed E-state index contributed by atoms with van der Waals surface area (Å²) < 4.78 is 0. The third-order valence-corrected chi connectivity index (χ3v) is 3.13. The van der Waals surface area contributed by atoms with Gasteiger partial charge in [0.1, 0.15) is 5.69 Å². The number of phenols is 2. The minimum absolute atomic E-state index is 0.207. The number of hydrogen-bond acceptors (Lipinski definition) is 4. The second kappa shape index (κ2) is 5.61. The molecule has 0 aliphatic carbocycles. The van der Waals surface area contributed by atoms with E-state index in [0.29, 0.717) is 22.6 Å². The molecule has 6 heteroatoms. The van der Waals surface area contributed by atoms with E-state index in [-0.39, 0.29) is 17.4 Å². The fourth-order valence-electron chi connectivity index (χ4n) is 1.99. The quantitative estimate of drug-likeness (QED) is 0.558. The molecule has 3 rings (SSSR count). The molecule has 6 nitrogen and oxygen atoms in total. The zero-order chi connectivity index (χ0) is 15.5. The number of phenolic OH excluding ortho intramolecular Hbond substituents is 2. The zero-order valence-corrected chi connectivity index (χ0v) is 11.4. The van der Waals surface area contributed by atoms with E-state index in [4.69, 9.17) is 0 Å². The normalized spacial score (nSPS) is 10.4. The molecular formula is C16H13N3O3. The van der Waals surface area contributed by atoms with E-state index in [1.165, 1.54) is 12.1 Å². The van der Waals surface area contributed by atoms with Crippen molar-refractivity contribution < 1.29 is 15.0 Å². The van der Waals surface area contributed by atoms with Crippen LogP contribution in [0, 0.1) is 0 Å². The number of hydrogen-bond donors (Lipinski definition) is 4. The van der Waals surface area contributed by atoms with Crippen LogP contribution in [0.1, 0.15) is 10.5 Å². The molecule has 0 aliphatic heterocycles. The molecule has 3 aromatic rings. The van der Waals surface area contributed by atoms with E-state index in [9.17, 15) is 15.0 Å². The smallest absolute Gasteiger partial charge is 0.273 e. The van der Waals surface area contributed by atoms with Gasteiger partial charge in [0.15, 0.2) is 11.5 Å². The van der Waals surface area contributed by atoms with E-state index in [1.54, 1.807) is 24.3 Å². The standard InChI is InChI=1S/C16H13N3O3/c20-14-7-6-10(8-15(14)21)12-9-13(19-18-12)16(22)17-11-4-2-1-3-5-11/h1-9,20-21H,(H,17,22)(H,18,19). The van der Waals surface area contributed by atoms with E-state index < -0.39 is 0 Å². The molecule has 0 aliphatic rings. The number of para-hydroxylation sites is 1. The monoisotopic (exact) mass is 295 g/mol. The summed E-state index contributed by atoms with van der Waals surface area (Å²) in [4.78, 5) is 12.1. The third-order valence-electron chi connectivity index (χ3n) is 3.13. The van der Waals surface area contributed by atoms with Gasteiger partial charge in [-0.3, -0.25) is 9.89 Å². The molecule has 0 spiro atoms. The summed E-state index contributed by atoms with van der Waals surface area (Å²) in [7, 11) is 0. The predicted molar refractivity (Wildman–Crippen MR) is 81.7 cm³/mol. The van der Waals surface area contributed by atoms with E-state index in [1.807, 2.05) is 18.2 Å². The van der Waals surface area contributed by atoms with Crippen LogP contribution in [0.15, 0.2) is 54.6 Å². The maximum atomic E-state index is 12.1. The maximum absolute atomic E-state index is 12.1. The Balaban J connectivity index is 1.81. The molecule has 4 N–H and O–H groups in total. The first-order chi connectivity index (χ1) is 10.6. The highest BCUT2D eigenvalue weighted by molar-refractivity contribution is 6.03. The van der Waals surface area contributed by atoms with Crippen molar-refractivity contribution in [3.05, 3.63) is 60.3 Å². The summed E-state index contributed by atoms with van der Waals surface area (Å²) in [5, 5.41) is 28.2. The second-order valence-corrected chi connectivity index (χ2v) is 4.69. The lowest BCUT2D eigenvalue weighted by atomic mass is 10.1. The molecule has 1 heterocycles. The van der Waals surface area contributed by atoms with Crippen LogP contribution in [0.5, 0.6) is 11.5 Å². The molecule has 1 aromatic heterocycles. The van der Waals surface area contributed by atoms with Crippen molar-refractivity contribution in [2.24, 2.45) is 0 Å².